The van der Waals surface area contributed by atoms with Crippen molar-refractivity contribution in [2.24, 2.45) is 4.99 Å². The number of carbonyl (C=O) groups excluding carboxylic acids is 1. The molecule has 2 aromatic heterocycles. The van der Waals surface area contributed by atoms with Gasteiger partial charge in [-0.3, -0.25) is 14.3 Å². The Morgan fingerprint density at radius 2 is 2.14 bits per heavy atom. The van der Waals surface area contributed by atoms with E-state index in [0.29, 0.717) is 47.9 Å². The van der Waals surface area contributed by atoms with Crippen molar-refractivity contribution in [2.45, 2.75) is 26.0 Å². The molecule has 11 nitrogen and oxygen atoms in total. The van der Waals surface area contributed by atoms with Crippen LogP contribution in [0.3, 0.4) is 0 Å². The van der Waals surface area contributed by atoms with Crippen molar-refractivity contribution in [2.75, 3.05) is 51.8 Å². The van der Waals surface area contributed by atoms with Crippen molar-refractivity contribution >= 4 is 22.6 Å². The maximum absolute atomic E-state index is 12.7. The minimum Gasteiger partial charge on any atom is -0.491 e. The third kappa shape index (κ3) is 4.96. The van der Waals surface area contributed by atoms with Gasteiger partial charge in [0.2, 0.25) is 5.62 Å². The molecule has 35 heavy (non-hydrogen) atoms. The van der Waals surface area contributed by atoms with E-state index in [1.807, 2.05) is 16.7 Å². The van der Waals surface area contributed by atoms with Crippen LogP contribution in [0.1, 0.15) is 23.7 Å². The van der Waals surface area contributed by atoms with Crippen LogP contribution in [0.2, 0.25) is 0 Å². The lowest BCUT2D eigenvalue weighted by atomic mass is 10.2. The van der Waals surface area contributed by atoms with Crippen LogP contribution in [0.15, 0.2) is 35.8 Å². The van der Waals surface area contributed by atoms with Crippen LogP contribution in [-0.4, -0.2) is 82.9 Å². The Morgan fingerprint density at radius 1 is 1.29 bits per heavy atom. The van der Waals surface area contributed by atoms with E-state index in [0.717, 1.165) is 43.9 Å². The largest absolute Gasteiger partial charge is 0.491 e. The number of anilines is 1. The quantitative estimate of drug-likeness (QED) is 0.503. The number of aromatic nitrogens is 4. The second kappa shape index (κ2) is 10.4. The summed E-state index contributed by atoms with van der Waals surface area (Å²) in [6.45, 7) is 7.63. The summed E-state index contributed by atoms with van der Waals surface area (Å²) < 4.78 is 19.3. The highest BCUT2D eigenvalue weighted by molar-refractivity contribution is 5.96. The van der Waals surface area contributed by atoms with E-state index in [9.17, 15) is 4.79 Å². The fourth-order valence-corrected chi connectivity index (χ4v) is 4.47. The lowest BCUT2D eigenvalue weighted by Gasteiger charge is -2.30. The maximum Gasteiger partial charge on any atom is 0.283 e. The van der Waals surface area contributed by atoms with Crippen molar-refractivity contribution in [3.63, 3.8) is 0 Å². The summed E-state index contributed by atoms with van der Waals surface area (Å²) in [6.07, 6.45) is 5.40. The van der Waals surface area contributed by atoms with E-state index in [-0.39, 0.29) is 6.10 Å². The molecule has 1 atom stereocenters. The molecule has 0 aliphatic carbocycles. The highest BCUT2D eigenvalue weighted by atomic mass is 16.5. The molecule has 2 aliphatic heterocycles. The minimum atomic E-state index is -0.456. The molecule has 0 saturated carbocycles. The summed E-state index contributed by atoms with van der Waals surface area (Å²) in [5.41, 5.74) is 1.18. The second-order valence-electron chi connectivity index (χ2n) is 8.56. The van der Waals surface area contributed by atoms with Crippen molar-refractivity contribution in [1.29, 1.82) is 0 Å². The predicted molar refractivity (Wildman–Crippen MR) is 129 cm³/mol. The van der Waals surface area contributed by atoms with Crippen LogP contribution in [0.5, 0.6) is 11.5 Å². The number of benzene rings is 1. The van der Waals surface area contributed by atoms with Crippen LogP contribution in [0, 0.1) is 0 Å². The van der Waals surface area contributed by atoms with Gasteiger partial charge in [0, 0.05) is 50.5 Å². The van der Waals surface area contributed by atoms with E-state index in [4.69, 9.17) is 19.2 Å². The Hall–Kier alpha value is -3.57. The van der Waals surface area contributed by atoms with E-state index in [1.165, 1.54) is 18.7 Å². The molecule has 4 heterocycles. The first-order valence-corrected chi connectivity index (χ1v) is 11.8. The Balaban J connectivity index is 1.42. The number of morpholine rings is 1. The van der Waals surface area contributed by atoms with Gasteiger partial charge in [0.15, 0.2) is 11.5 Å². The molecular formula is C24H29N7O4. The fraction of sp³-hybridized carbons (Fsp3) is 0.458. The minimum absolute atomic E-state index is 0.269. The molecule has 1 N–H and O–H groups in total. The third-order valence-corrected chi connectivity index (χ3v) is 6.12. The normalized spacial score (nSPS) is 18.3. The molecule has 0 spiro atoms. The molecule has 1 aromatic carbocycles. The highest BCUT2D eigenvalue weighted by Crippen LogP contribution is 2.37. The average Bonchev–Trinajstić information content (AvgIpc) is 3.38. The number of rotatable bonds is 7. The third-order valence-electron chi connectivity index (χ3n) is 6.12. The van der Waals surface area contributed by atoms with Gasteiger partial charge in [-0.15, -0.1) is 0 Å². The topological polar surface area (TPSA) is 116 Å². The van der Waals surface area contributed by atoms with Gasteiger partial charge in [0.1, 0.15) is 17.7 Å². The van der Waals surface area contributed by atoms with Gasteiger partial charge in [-0.05, 0) is 25.5 Å². The molecule has 5 rings (SSSR count). The van der Waals surface area contributed by atoms with Crippen molar-refractivity contribution in [3.05, 3.63) is 42.0 Å². The SMILES string of the molecule is COc1c(OCCCN2CCOC(C)C2)ccc2c3n(c(=NC(=O)c4cncnc4)nc12)CCN3. The van der Waals surface area contributed by atoms with E-state index < -0.39 is 5.91 Å². The van der Waals surface area contributed by atoms with Gasteiger partial charge < -0.3 is 19.5 Å². The van der Waals surface area contributed by atoms with Crippen molar-refractivity contribution in [3.8, 4) is 11.5 Å². The zero-order valence-electron chi connectivity index (χ0n) is 19.9. The first kappa shape index (κ1) is 23.2. The van der Waals surface area contributed by atoms with E-state index in [1.54, 1.807) is 7.11 Å². The Bertz CT molecular complexity index is 1280. The van der Waals surface area contributed by atoms with Crippen molar-refractivity contribution < 1.29 is 19.0 Å². The first-order valence-electron chi connectivity index (χ1n) is 11.8. The monoisotopic (exact) mass is 479 g/mol. The molecule has 184 valence electrons. The Morgan fingerprint density at radius 3 is 2.94 bits per heavy atom. The molecule has 0 bridgehead atoms. The predicted octanol–water partition coefficient (Wildman–Crippen LogP) is 1.49. The number of nitrogens with zero attached hydrogens (tertiary/aromatic N) is 6. The van der Waals surface area contributed by atoms with Gasteiger partial charge in [-0.2, -0.15) is 4.99 Å². The maximum atomic E-state index is 12.7. The van der Waals surface area contributed by atoms with Gasteiger partial charge in [-0.1, -0.05) is 0 Å². The van der Waals surface area contributed by atoms with E-state index in [2.05, 4.69) is 32.1 Å². The fourth-order valence-electron chi connectivity index (χ4n) is 4.47. The molecular weight excluding hydrogens is 450 g/mol. The van der Waals surface area contributed by atoms with Crippen LogP contribution >= 0.6 is 0 Å². The average molecular weight is 480 g/mol. The number of fused-ring (bicyclic) bond motifs is 3. The number of methoxy groups -OCH3 is 1. The van der Waals surface area contributed by atoms with Gasteiger partial charge in [0.25, 0.3) is 5.91 Å². The van der Waals surface area contributed by atoms with Gasteiger partial charge >= 0.3 is 0 Å². The molecule has 1 saturated heterocycles. The summed E-state index contributed by atoms with van der Waals surface area (Å²) in [5, 5.41) is 4.25. The number of hydrogen-bond donors (Lipinski definition) is 1. The number of ether oxygens (including phenoxy) is 3. The number of carbonyl (C=O) groups is 1. The molecule has 1 fully saturated rings. The smallest absolute Gasteiger partial charge is 0.283 e. The number of hydrogen-bond acceptors (Lipinski definition) is 9. The molecule has 1 amide bonds. The standard InChI is InChI=1S/C24H29N7O4/c1-16-14-30(9-11-34-16)7-3-10-35-19-5-4-18-20(21(19)33-2)28-24(31-8-6-27-22(18)31)29-23(32)17-12-25-15-26-13-17/h4-5,12-13,15-16,27H,3,6-11,14H2,1-2H3. The van der Waals surface area contributed by atoms with Crippen molar-refractivity contribution in [1.82, 2.24) is 24.4 Å². The summed E-state index contributed by atoms with van der Waals surface area (Å²) in [5.74, 6) is 1.52. The molecule has 1 unspecified atom stereocenters. The van der Waals surface area contributed by atoms with Crippen LogP contribution in [-0.2, 0) is 11.3 Å². The highest BCUT2D eigenvalue weighted by Gasteiger charge is 2.21. The summed E-state index contributed by atoms with van der Waals surface area (Å²) in [4.78, 5) is 31.9. The summed E-state index contributed by atoms with van der Waals surface area (Å²) in [6, 6.07) is 3.87. The first-order chi connectivity index (χ1) is 17.1. The zero-order chi connectivity index (χ0) is 24.2. The lowest BCUT2D eigenvalue weighted by molar-refractivity contribution is -0.0193. The molecule has 3 aromatic rings. The summed E-state index contributed by atoms with van der Waals surface area (Å²) in [7, 11) is 1.59. The van der Waals surface area contributed by atoms with E-state index >= 15 is 0 Å². The molecule has 0 radical (unpaired) electrons. The summed E-state index contributed by atoms with van der Waals surface area (Å²) >= 11 is 0. The van der Waals surface area contributed by atoms with Gasteiger partial charge in [-0.25, -0.2) is 15.0 Å². The molecule has 11 heteroatoms. The van der Waals surface area contributed by atoms with Gasteiger partial charge in [0.05, 0.1) is 32.0 Å². The molecule has 2 aliphatic rings. The van der Waals surface area contributed by atoms with Crippen LogP contribution < -0.4 is 20.4 Å². The Kier molecular flexibility index (Phi) is 6.87. The number of amides is 1. The lowest BCUT2D eigenvalue weighted by Crippen LogP contribution is -2.41. The van der Waals surface area contributed by atoms with Crippen LogP contribution in [0.25, 0.3) is 10.9 Å². The van der Waals surface area contributed by atoms with Crippen LogP contribution in [0.4, 0.5) is 5.82 Å². The number of nitrogens with one attached hydrogen (secondary N) is 1. The zero-order valence-corrected chi connectivity index (χ0v) is 19.9. The Labute approximate surface area is 202 Å². The second-order valence-corrected chi connectivity index (χ2v) is 8.56.